The molecule has 1 aromatic carbocycles. The van der Waals surface area contributed by atoms with E-state index in [0.29, 0.717) is 19.8 Å². The molecule has 2 rings (SSSR count). The van der Waals surface area contributed by atoms with Crippen molar-refractivity contribution in [1.82, 2.24) is 0 Å². The molecule has 0 saturated heterocycles. The Morgan fingerprint density at radius 1 is 1.38 bits per heavy atom. The van der Waals surface area contributed by atoms with Crippen LogP contribution in [0.4, 0.5) is 0 Å². The monoisotopic (exact) mass is 241 g/mol. The first-order valence-electron chi connectivity index (χ1n) is 5.51. The maximum absolute atomic E-state index is 6.16. The van der Waals surface area contributed by atoms with Crippen molar-refractivity contribution < 1.29 is 9.47 Å². The van der Waals surface area contributed by atoms with Gasteiger partial charge in [0, 0.05) is 16.7 Å². The van der Waals surface area contributed by atoms with Gasteiger partial charge in [-0.05, 0) is 31.9 Å². The van der Waals surface area contributed by atoms with Crippen LogP contribution in [-0.4, -0.2) is 19.8 Å². The van der Waals surface area contributed by atoms with Crippen LogP contribution in [0.15, 0.2) is 6.07 Å². The first-order chi connectivity index (χ1) is 7.74. The molecule has 4 heteroatoms. The molecule has 16 heavy (non-hydrogen) atoms. The maximum atomic E-state index is 6.16. The molecule has 3 nitrogen and oxygen atoms in total. The van der Waals surface area contributed by atoms with Crippen molar-refractivity contribution in [2.24, 2.45) is 5.73 Å². The molecule has 2 N–H and O–H groups in total. The van der Waals surface area contributed by atoms with Crippen LogP contribution in [0.25, 0.3) is 0 Å². The molecular weight excluding hydrogens is 226 g/mol. The van der Waals surface area contributed by atoms with Crippen molar-refractivity contribution in [3.8, 4) is 11.5 Å². The van der Waals surface area contributed by atoms with Crippen molar-refractivity contribution in [2.45, 2.75) is 19.8 Å². The van der Waals surface area contributed by atoms with E-state index in [1.807, 2.05) is 13.0 Å². The zero-order valence-electron chi connectivity index (χ0n) is 9.38. The predicted octanol–water partition coefficient (Wildman–Crippen LogP) is 2.31. The molecule has 1 heterocycles. The van der Waals surface area contributed by atoms with E-state index >= 15 is 0 Å². The van der Waals surface area contributed by atoms with E-state index in [2.05, 4.69) is 0 Å². The third-order valence-corrected chi connectivity index (χ3v) is 3.18. The Labute approximate surface area is 100 Å². The minimum atomic E-state index is 0.586. The van der Waals surface area contributed by atoms with E-state index < -0.39 is 0 Å². The summed E-state index contributed by atoms with van der Waals surface area (Å²) in [4.78, 5) is 0. The largest absolute Gasteiger partial charge is 0.486 e. The second-order valence-corrected chi connectivity index (χ2v) is 4.29. The second-order valence-electron chi connectivity index (χ2n) is 3.88. The zero-order chi connectivity index (χ0) is 11.5. The summed E-state index contributed by atoms with van der Waals surface area (Å²) < 4.78 is 11.2. The number of ether oxygens (including phenoxy) is 2. The molecule has 0 amide bonds. The highest BCUT2D eigenvalue weighted by Crippen LogP contribution is 2.40. The summed E-state index contributed by atoms with van der Waals surface area (Å²) in [5.41, 5.74) is 7.74. The lowest BCUT2D eigenvalue weighted by Crippen LogP contribution is -2.17. The topological polar surface area (TPSA) is 44.5 Å². The van der Waals surface area contributed by atoms with Gasteiger partial charge in [-0.3, -0.25) is 0 Å². The normalized spacial score (nSPS) is 13.9. The third-order valence-electron chi connectivity index (χ3n) is 2.78. The second kappa shape index (κ2) is 4.93. The Hall–Kier alpha value is -0.930. The SMILES string of the molecule is Cc1c(Cl)cc2c(c1CCCN)OCCO2. The van der Waals surface area contributed by atoms with Gasteiger partial charge in [-0.1, -0.05) is 11.6 Å². The Kier molecular flexibility index (Phi) is 3.56. The number of halogens is 1. The predicted molar refractivity (Wildman–Crippen MR) is 64.6 cm³/mol. The van der Waals surface area contributed by atoms with Crippen LogP contribution >= 0.6 is 11.6 Å². The minimum absolute atomic E-state index is 0.586. The molecule has 1 aliphatic rings. The quantitative estimate of drug-likeness (QED) is 0.883. The van der Waals surface area contributed by atoms with E-state index in [9.17, 15) is 0 Å². The van der Waals surface area contributed by atoms with Gasteiger partial charge >= 0.3 is 0 Å². The van der Waals surface area contributed by atoms with Crippen molar-refractivity contribution in [2.75, 3.05) is 19.8 Å². The molecule has 0 atom stereocenters. The number of rotatable bonds is 3. The number of nitrogens with two attached hydrogens (primary N) is 1. The van der Waals surface area contributed by atoms with Gasteiger partial charge in [0.05, 0.1) is 0 Å². The van der Waals surface area contributed by atoms with Gasteiger partial charge in [0.1, 0.15) is 13.2 Å². The fraction of sp³-hybridized carbons (Fsp3) is 0.500. The van der Waals surface area contributed by atoms with E-state index in [-0.39, 0.29) is 0 Å². The molecule has 0 fully saturated rings. The number of hydrogen-bond acceptors (Lipinski definition) is 3. The van der Waals surface area contributed by atoms with Crippen LogP contribution in [0.2, 0.25) is 5.02 Å². The lowest BCUT2D eigenvalue weighted by atomic mass is 10.0. The standard InChI is InChI=1S/C12H16ClNO2/c1-8-9(3-2-4-14)12-11(7-10(8)13)15-5-6-16-12/h7H,2-6,14H2,1H3. The summed E-state index contributed by atoms with van der Waals surface area (Å²) in [6.45, 7) is 3.86. The van der Waals surface area contributed by atoms with Gasteiger partial charge in [0.25, 0.3) is 0 Å². The lowest BCUT2D eigenvalue weighted by Gasteiger charge is -2.23. The molecule has 0 saturated carbocycles. The van der Waals surface area contributed by atoms with Gasteiger partial charge in [-0.2, -0.15) is 0 Å². The smallest absolute Gasteiger partial charge is 0.164 e. The molecule has 0 bridgehead atoms. The molecule has 88 valence electrons. The van der Waals surface area contributed by atoms with Crippen LogP contribution < -0.4 is 15.2 Å². The number of fused-ring (bicyclic) bond motifs is 1. The number of benzene rings is 1. The summed E-state index contributed by atoms with van der Waals surface area (Å²) in [5.74, 6) is 1.61. The van der Waals surface area contributed by atoms with Gasteiger partial charge in [0.15, 0.2) is 11.5 Å². The van der Waals surface area contributed by atoms with Gasteiger partial charge < -0.3 is 15.2 Å². The average Bonchev–Trinajstić information content (AvgIpc) is 2.30. The average molecular weight is 242 g/mol. The van der Waals surface area contributed by atoms with Gasteiger partial charge in [-0.15, -0.1) is 0 Å². The Morgan fingerprint density at radius 3 is 2.88 bits per heavy atom. The molecular formula is C12H16ClNO2. The molecule has 0 aliphatic carbocycles. The van der Waals surface area contributed by atoms with Crippen molar-refractivity contribution in [1.29, 1.82) is 0 Å². The van der Waals surface area contributed by atoms with E-state index in [4.69, 9.17) is 26.8 Å². The zero-order valence-corrected chi connectivity index (χ0v) is 10.1. The molecule has 0 radical (unpaired) electrons. The summed E-state index contributed by atoms with van der Waals surface area (Å²) in [7, 11) is 0. The highest BCUT2D eigenvalue weighted by Gasteiger charge is 2.19. The fourth-order valence-corrected chi connectivity index (χ4v) is 2.11. The summed E-state index contributed by atoms with van der Waals surface area (Å²) in [6, 6.07) is 1.83. The first-order valence-corrected chi connectivity index (χ1v) is 5.89. The fourth-order valence-electron chi connectivity index (χ4n) is 1.89. The van der Waals surface area contributed by atoms with Crippen LogP contribution in [0, 0.1) is 6.92 Å². The lowest BCUT2D eigenvalue weighted by molar-refractivity contribution is 0.169. The van der Waals surface area contributed by atoms with Crippen LogP contribution in [0.3, 0.4) is 0 Å². The van der Waals surface area contributed by atoms with E-state index in [1.165, 1.54) is 0 Å². The summed E-state index contributed by atoms with van der Waals surface area (Å²) >= 11 is 6.16. The van der Waals surface area contributed by atoms with E-state index in [0.717, 1.165) is 40.5 Å². The third kappa shape index (κ3) is 2.11. The highest BCUT2D eigenvalue weighted by atomic mass is 35.5. The summed E-state index contributed by atoms with van der Waals surface area (Å²) in [6.07, 6.45) is 1.81. The first kappa shape index (κ1) is 11.6. The number of hydrogen-bond donors (Lipinski definition) is 1. The van der Waals surface area contributed by atoms with Crippen molar-refractivity contribution >= 4 is 11.6 Å². The maximum Gasteiger partial charge on any atom is 0.164 e. The molecule has 0 spiro atoms. The van der Waals surface area contributed by atoms with Crippen LogP contribution in [0.1, 0.15) is 17.5 Å². The van der Waals surface area contributed by atoms with Crippen molar-refractivity contribution in [3.63, 3.8) is 0 Å². The van der Waals surface area contributed by atoms with Crippen LogP contribution in [-0.2, 0) is 6.42 Å². The van der Waals surface area contributed by atoms with Gasteiger partial charge in [-0.25, -0.2) is 0 Å². The van der Waals surface area contributed by atoms with Crippen molar-refractivity contribution in [3.05, 3.63) is 22.2 Å². The Bertz CT molecular complexity index is 393. The Morgan fingerprint density at radius 2 is 2.12 bits per heavy atom. The highest BCUT2D eigenvalue weighted by molar-refractivity contribution is 6.31. The minimum Gasteiger partial charge on any atom is -0.486 e. The van der Waals surface area contributed by atoms with Gasteiger partial charge in [0.2, 0.25) is 0 Å². The van der Waals surface area contributed by atoms with E-state index in [1.54, 1.807) is 0 Å². The summed E-state index contributed by atoms with van der Waals surface area (Å²) in [5, 5.41) is 0.733. The molecule has 0 aromatic heterocycles. The molecule has 0 unspecified atom stereocenters. The van der Waals surface area contributed by atoms with Crippen LogP contribution in [0.5, 0.6) is 11.5 Å². The molecule has 1 aliphatic heterocycles. The Balaban J connectivity index is 2.41. The molecule has 1 aromatic rings.